The summed E-state index contributed by atoms with van der Waals surface area (Å²) >= 11 is 0. The van der Waals surface area contributed by atoms with Gasteiger partial charge in [-0.2, -0.15) is 13.2 Å². The van der Waals surface area contributed by atoms with E-state index in [4.69, 9.17) is 4.74 Å². The minimum absolute atomic E-state index is 0.216. The zero-order chi connectivity index (χ0) is 17.9. The van der Waals surface area contributed by atoms with E-state index in [9.17, 15) is 17.6 Å². The van der Waals surface area contributed by atoms with Crippen molar-refractivity contribution in [3.8, 4) is 0 Å². The van der Waals surface area contributed by atoms with Crippen molar-refractivity contribution < 1.29 is 27.0 Å². The van der Waals surface area contributed by atoms with Crippen molar-refractivity contribution in [1.82, 2.24) is 5.32 Å². The van der Waals surface area contributed by atoms with Crippen molar-refractivity contribution in [3.05, 3.63) is 41.7 Å². The summed E-state index contributed by atoms with van der Waals surface area (Å²) in [5.41, 5.74) is 0.934. The summed E-state index contributed by atoms with van der Waals surface area (Å²) in [6.07, 6.45) is -2.06. The number of rotatable bonds is 4. The fourth-order valence-corrected chi connectivity index (χ4v) is 2.57. The Morgan fingerprint density at radius 2 is 2.20 bits per heavy atom. The zero-order valence-electron chi connectivity index (χ0n) is 13.2. The van der Waals surface area contributed by atoms with Gasteiger partial charge in [-0.3, -0.25) is 0 Å². The number of benzene rings is 1. The molecule has 136 valence electrons. The molecule has 0 radical (unpaired) electrons. The number of halogens is 4. The molecule has 2 aliphatic rings. The first-order valence-electron chi connectivity index (χ1n) is 7.75. The van der Waals surface area contributed by atoms with Gasteiger partial charge in [0, 0.05) is 19.3 Å². The summed E-state index contributed by atoms with van der Waals surface area (Å²) in [4.78, 5) is 5.19. The van der Waals surface area contributed by atoms with Crippen LogP contribution >= 0.6 is 0 Å². The maximum Gasteiger partial charge on any atom is 0.422 e. The molecule has 0 unspecified atom stereocenters. The van der Waals surface area contributed by atoms with E-state index in [1.807, 2.05) is 0 Å². The molecular formula is C16H17F4N3O2. The third kappa shape index (κ3) is 4.70. The molecule has 2 heterocycles. The van der Waals surface area contributed by atoms with Crippen LogP contribution in [0.4, 0.5) is 23.2 Å². The van der Waals surface area contributed by atoms with Crippen molar-refractivity contribution in [3.63, 3.8) is 0 Å². The Labute approximate surface area is 141 Å². The van der Waals surface area contributed by atoms with E-state index < -0.39 is 18.6 Å². The molecule has 2 aliphatic heterocycles. The molecule has 0 aliphatic carbocycles. The van der Waals surface area contributed by atoms with Gasteiger partial charge in [-0.1, -0.05) is 6.07 Å². The van der Waals surface area contributed by atoms with Crippen LogP contribution in [-0.2, 0) is 9.47 Å². The number of nitrogens with zero attached hydrogens (tertiary/aromatic N) is 2. The molecule has 1 atom stereocenters. The van der Waals surface area contributed by atoms with Gasteiger partial charge in [0.1, 0.15) is 5.82 Å². The van der Waals surface area contributed by atoms with E-state index in [1.165, 1.54) is 23.4 Å². The number of aliphatic imine (C=N–C) groups is 1. The van der Waals surface area contributed by atoms with Gasteiger partial charge in [-0.25, -0.2) is 9.38 Å². The second-order valence-corrected chi connectivity index (χ2v) is 5.61. The van der Waals surface area contributed by atoms with Crippen molar-refractivity contribution in [2.75, 3.05) is 37.7 Å². The Morgan fingerprint density at radius 1 is 1.36 bits per heavy atom. The van der Waals surface area contributed by atoms with Crippen LogP contribution in [0.3, 0.4) is 0 Å². The number of nitrogens with one attached hydrogen (secondary N) is 1. The fourth-order valence-electron chi connectivity index (χ4n) is 2.57. The fraction of sp³-hybridized carbons (Fsp3) is 0.438. The largest absolute Gasteiger partial charge is 0.467 e. The van der Waals surface area contributed by atoms with Gasteiger partial charge in [-0.15, -0.1) is 0 Å². The number of hydrogen-bond acceptors (Lipinski definition) is 5. The summed E-state index contributed by atoms with van der Waals surface area (Å²) in [7, 11) is 0. The summed E-state index contributed by atoms with van der Waals surface area (Å²) in [6, 6.07) is 4.69. The van der Waals surface area contributed by atoms with Crippen LogP contribution in [0.5, 0.6) is 0 Å². The van der Waals surface area contributed by atoms with Crippen LogP contribution in [0.25, 0.3) is 0 Å². The number of alkyl halides is 3. The van der Waals surface area contributed by atoms with E-state index in [2.05, 4.69) is 15.0 Å². The van der Waals surface area contributed by atoms with E-state index in [0.717, 1.165) is 6.54 Å². The standard InChI is InChI=1S/C16H17F4N3O2/c17-12-7-11(14-8-21-4-6-24-14)1-2-13(12)23-5-3-22-15(9-23)25-10-16(18,19)20/h1-3,7,9,14,21H,4-6,8,10H2/t14-/m0/s1. The first-order chi connectivity index (χ1) is 11.9. The quantitative estimate of drug-likeness (QED) is 0.840. The second kappa shape index (κ2) is 7.40. The van der Waals surface area contributed by atoms with Crippen LogP contribution in [0, 0.1) is 5.82 Å². The van der Waals surface area contributed by atoms with E-state index >= 15 is 0 Å². The second-order valence-electron chi connectivity index (χ2n) is 5.61. The van der Waals surface area contributed by atoms with Gasteiger partial charge in [0.2, 0.25) is 5.88 Å². The number of ether oxygens (including phenoxy) is 2. The molecule has 25 heavy (non-hydrogen) atoms. The van der Waals surface area contributed by atoms with Gasteiger partial charge in [0.15, 0.2) is 6.61 Å². The molecule has 1 N–H and O–H groups in total. The molecule has 5 nitrogen and oxygen atoms in total. The Hall–Kier alpha value is -2.13. The zero-order valence-corrected chi connectivity index (χ0v) is 13.2. The third-order valence-electron chi connectivity index (χ3n) is 3.73. The number of anilines is 1. The molecule has 0 amide bonds. The van der Waals surface area contributed by atoms with E-state index in [0.29, 0.717) is 18.7 Å². The lowest BCUT2D eigenvalue weighted by Gasteiger charge is -2.26. The first kappa shape index (κ1) is 17.7. The molecule has 3 rings (SSSR count). The molecular weight excluding hydrogens is 342 g/mol. The highest BCUT2D eigenvalue weighted by molar-refractivity contribution is 5.70. The van der Waals surface area contributed by atoms with Crippen LogP contribution in [-0.4, -0.2) is 45.2 Å². The molecule has 0 saturated carbocycles. The maximum atomic E-state index is 14.5. The van der Waals surface area contributed by atoms with Gasteiger partial charge in [-0.05, 0) is 17.7 Å². The molecule has 1 fully saturated rings. The van der Waals surface area contributed by atoms with Crippen LogP contribution in [0.1, 0.15) is 11.7 Å². The summed E-state index contributed by atoms with van der Waals surface area (Å²) < 4.78 is 61.3. The lowest BCUT2D eigenvalue weighted by Crippen LogP contribution is -2.33. The summed E-state index contributed by atoms with van der Waals surface area (Å²) in [6.45, 7) is 0.702. The normalized spacial score (nSPS) is 21.2. The topological polar surface area (TPSA) is 46.1 Å². The maximum absolute atomic E-state index is 14.5. The average Bonchev–Trinajstić information content (AvgIpc) is 2.60. The predicted octanol–water partition coefficient (Wildman–Crippen LogP) is 2.76. The van der Waals surface area contributed by atoms with Crippen LogP contribution < -0.4 is 10.2 Å². The Balaban J connectivity index is 1.72. The molecule has 1 aromatic rings. The molecule has 1 aromatic carbocycles. The smallest absolute Gasteiger partial charge is 0.422 e. The lowest BCUT2D eigenvalue weighted by atomic mass is 10.1. The highest BCUT2D eigenvalue weighted by Crippen LogP contribution is 2.27. The van der Waals surface area contributed by atoms with E-state index in [-0.39, 0.29) is 24.2 Å². The van der Waals surface area contributed by atoms with Gasteiger partial charge >= 0.3 is 6.18 Å². The van der Waals surface area contributed by atoms with Gasteiger partial charge in [0.05, 0.1) is 31.1 Å². The average molecular weight is 359 g/mol. The number of morpholine rings is 1. The third-order valence-corrected chi connectivity index (χ3v) is 3.73. The van der Waals surface area contributed by atoms with Crippen LogP contribution in [0.2, 0.25) is 0 Å². The molecule has 9 heteroatoms. The Kier molecular flexibility index (Phi) is 5.24. The van der Waals surface area contributed by atoms with Gasteiger partial charge < -0.3 is 19.7 Å². The SMILES string of the molecule is Fc1cc([C@@H]2CNCCO2)ccc1N1C=C(OCC(F)(F)F)N=CC1. The Bertz CT molecular complexity index is 670. The molecule has 0 bridgehead atoms. The lowest BCUT2D eigenvalue weighted by molar-refractivity contribution is -0.165. The summed E-state index contributed by atoms with van der Waals surface area (Å²) in [5.74, 6) is -0.708. The van der Waals surface area contributed by atoms with Crippen molar-refractivity contribution in [2.45, 2.75) is 12.3 Å². The molecule has 1 saturated heterocycles. The van der Waals surface area contributed by atoms with Crippen molar-refractivity contribution >= 4 is 11.9 Å². The number of hydrogen-bond donors (Lipinski definition) is 1. The highest BCUT2D eigenvalue weighted by Gasteiger charge is 2.29. The van der Waals surface area contributed by atoms with Crippen molar-refractivity contribution in [2.24, 2.45) is 4.99 Å². The minimum Gasteiger partial charge on any atom is -0.467 e. The molecule has 0 aromatic heterocycles. The molecule has 0 spiro atoms. The summed E-state index contributed by atoms with van der Waals surface area (Å²) in [5, 5.41) is 3.17. The van der Waals surface area contributed by atoms with E-state index in [1.54, 1.807) is 12.1 Å². The van der Waals surface area contributed by atoms with Gasteiger partial charge in [0.25, 0.3) is 0 Å². The highest BCUT2D eigenvalue weighted by atomic mass is 19.4. The minimum atomic E-state index is -4.46. The van der Waals surface area contributed by atoms with Crippen molar-refractivity contribution in [1.29, 1.82) is 0 Å². The predicted molar refractivity (Wildman–Crippen MR) is 83.9 cm³/mol. The first-order valence-corrected chi connectivity index (χ1v) is 7.75. The van der Waals surface area contributed by atoms with Crippen LogP contribution in [0.15, 0.2) is 35.3 Å². The monoisotopic (exact) mass is 359 g/mol. The Morgan fingerprint density at radius 3 is 2.88 bits per heavy atom.